The van der Waals surface area contributed by atoms with E-state index in [0.717, 1.165) is 27.4 Å². The highest BCUT2D eigenvalue weighted by molar-refractivity contribution is 8.00. The Kier molecular flexibility index (Phi) is 9.87. The molecule has 9 heteroatoms. The molecular weight excluding hydrogens is 589 g/mol. The lowest BCUT2D eigenvalue weighted by Crippen LogP contribution is -2.19. The Labute approximate surface area is 264 Å². The maximum atomic E-state index is 13.8. The largest absolute Gasteiger partial charge is 0.326 e. The van der Waals surface area contributed by atoms with Crippen LogP contribution in [0.25, 0.3) is 0 Å². The summed E-state index contributed by atoms with van der Waals surface area (Å²) >= 11 is 2.40. The Balaban J connectivity index is 1.35. The lowest BCUT2D eigenvalue weighted by atomic mass is 10.1. The van der Waals surface area contributed by atoms with Gasteiger partial charge in [-0.2, -0.15) is 5.26 Å². The second kappa shape index (κ2) is 14.3. The standard InChI is InChI=1S/C35H28N4O3S2/c1-23-29(22-36)35(44-31(23)33(41)38-26-16-9-4-10-17-26)39-34(42)32(25-14-7-3-8-15-25)43-28-19-11-18-27(21-28)37-30(40)20-24-12-5-2-6-13-24/h2-19,21,32H,20H2,1H3,(H,37,40)(H,38,41)(H,39,42). The molecule has 0 radical (unpaired) electrons. The Morgan fingerprint density at radius 3 is 2.11 bits per heavy atom. The minimum Gasteiger partial charge on any atom is -0.326 e. The van der Waals surface area contributed by atoms with Gasteiger partial charge in [0.25, 0.3) is 5.91 Å². The summed E-state index contributed by atoms with van der Waals surface area (Å²) in [5.74, 6) is -0.830. The zero-order valence-corrected chi connectivity index (χ0v) is 25.4. The molecule has 44 heavy (non-hydrogen) atoms. The maximum absolute atomic E-state index is 13.8. The van der Waals surface area contributed by atoms with Crippen LogP contribution in [0.15, 0.2) is 120 Å². The third-order valence-corrected chi connectivity index (χ3v) is 9.11. The first kappa shape index (κ1) is 30.3. The minimum absolute atomic E-state index is 0.139. The van der Waals surface area contributed by atoms with Crippen LogP contribution in [0.3, 0.4) is 0 Å². The maximum Gasteiger partial charge on any atom is 0.266 e. The summed E-state index contributed by atoms with van der Waals surface area (Å²) in [5, 5.41) is 18.3. The van der Waals surface area contributed by atoms with E-state index in [1.807, 2.05) is 97.1 Å². The molecule has 5 aromatic rings. The van der Waals surface area contributed by atoms with Gasteiger partial charge in [0.1, 0.15) is 16.3 Å². The number of anilines is 3. The normalized spacial score (nSPS) is 11.2. The fraction of sp³-hybridized carbons (Fsp3) is 0.0857. The van der Waals surface area contributed by atoms with Gasteiger partial charge in [-0.15, -0.1) is 23.1 Å². The number of carbonyl (C=O) groups excluding carboxylic acids is 3. The molecule has 1 unspecified atom stereocenters. The van der Waals surface area contributed by atoms with Crippen molar-refractivity contribution in [3.8, 4) is 6.07 Å². The van der Waals surface area contributed by atoms with Crippen molar-refractivity contribution >= 4 is 57.2 Å². The molecule has 1 aromatic heterocycles. The van der Waals surface area contributed by atoms with Crippen molar-refractivity contribution in [3.63, 3.8) is 0 Å². The van der Waals surface area contributed by atoms with Gasteiger partial charge in [-0.3, -0.25) is 14.4 Å². The van der Waals surface area contributed by atoms with Gasteiger partial charge in [-0.05, 0) is 53.9 Å². The Morgan fingerprint density at radius 2 is 1.43 bits per heavy atom. The van der Waals surface area contributed by atoms with Gasteiger partial charge in [0.05, 0.1) is 16.9 Å². The Hall–Kier alpha value is -5.17. The molecule has 0 aliphatic carbocycles. The predicted octanol–water partition coefficient (Wildman–Crippen LogP) is 7.83. The number of hydrogen-bond donors (Lipinski definition) is 3. The predicted molar refractivity (Wildman–Crippen MR) is 177 cm³/mol. The molecule has 218 valence electrons. The molecule has 0 saturated carbocycles. The molecule has 4 aromatic carbocycles. The van der Waals surface area contributed by atoms with Crippen LogP contribution < -0.4 is 16.0 Å². The molecule has 0 aliphatic rings. The summed E-state index contributed by atoms with van der Waals surface area (Å²) in [6.45, 7) is 1.70. The van der Waals surface area contributed by atoms with Gasteiger partial charge in [0.15, 0.2) is 0 Å². The van der Waals surface area contributed by atoms with Gasteiger partial charge in [-0.25, -0.2) is 0 Å². The molecule has 5 rings (SSSR count). The van der Waals surface area contributed by atoms with E-state index in [9.17, 15) is 19.6 Å². The fourth-order valence-corrected chi connectivity index (χ4v) is 6.65. The van der Waals surface area contributed by atoms with Crippen LogP contribution in [0.1, 0.15) is 37.2 Å². The van der Waals surface area contributed by atoms with Crippen LogP contribution in [0, 0.1) is 18.3 Å². The van der Waals surface area contributed by atoms with Crippen LogP contribution in [0.4, 0.5) is 16.4 Å². The van der Waals surface area contributed by atoms with Gasteiger partial charge < -0.3 is 16.0 Å². The average molecular weight is 617 g/mol. The first-order chi connectivity index (χ1) is 21.4. The number of benzene rings is 4. The van der Waals surface area contributed by atoms with Crippen molar-refractivity contribution in [1.29, 1.82) is 5.26 Å². The molecule has 0 fully saturated rings. The topological polar surface area (TPSA) is 111 Å². The van der Waals surface area contributed by atoms with Crippen molar-refractivity contribution in [3.05, 3.63) is 142 Å². The number of nitrogens with zero attached hydrogens (tertiary/aromatic N) is 1. The Morgan fingerprint density at radius 1 is 0.795 bits per heavy atom. The molecule has 1 atom stereocenters. The molecule has 7 nitrogen and oxygen atoms in total. The summed E-state index contributed by atoms with van der Waals surface area (Å²) in [5.41, 5.74) is 3.69. The van der Waals surface area contributed by atoms with E-state index in [0.29, 0.717) is 26.8 Å². The van der Waals surface area contributed by atoms with Crippen LogP contribution >= 0.6 is 23.1 Å². The van der Waals surface area contributed by atoms with Crippen LogP contribution in [-0.2, 0) is 16.0 Å². The third-order valence-electron chi connectivity index (χ3n) is 6.65. The van der Waals surface area contributed by atoms with E-state index in [1.165, 1.54) is 11.8 Å². The van der Waals surface area contributed by atoms with E-state index >= 15 is 0 Å². The summed E-state index contributed by atoms with van der Waals surface area (Å²) in [7, 11) is 0. The first-order valence-electron chi connectivity index (χ1n) is 13.8. The molecule has 1 heterocycles. The molecule has 0 saturated heterocycles. The van der Waals surface area contributed by atoms with E-state index in [4.69, 9.17) is 0 Å². The van der Waals surface area contributed by atoms with E-state index in [2.05, 4.69) is 22.0 Å². The van der Waals surface area contributed by atoms with Crippen molar-refractivity contribution < 1.29 is 14.4 Å². The minimum atomic E-state index is -0.679. The lowest BCUT2D eigenvalue weighted by Gasteiger charge is -2.17. The smallest absolute Gasteiger partial charge is 0.266 e. The van der Waals surface area contributed by atoms with Crippen LogP contribution in [0.2, 0.25) is 0 Å². The summed E-state index contributed by atoms with van der Waals surface area (Å²) in [6, 6.07) is 37.4. The molecule has 0 bridgehead atoms. The second-order valence-electron chi connectivity index (χ2n) is 9.83. The quantitative estimate of drug-likeness (QED) is 0.139. The number of nitriles is 1. The number of rotatable bonds is 10. The van der Waals surface area contributed by atoms with Crippen molar-refractivity contribution in [2.75, 3.05) is 16.0 Å². The highest BCUT2D eigenvalue weighted by Crippen LogP contribution is 2.39. The molecule has 3 amide bonds. The van der Waals surface area contributed by atoms with Crippen molar-refractivity contribution in [2.24, 2.45) is 0 Å². The molecule has 0 spiro atoms. The van der Waals surface area contributed by atoms with Crippen molar-refractivity contribution in [1.82, 2.24) is 0 Å². The summed E-state index contributed by atoms with van der Waals surface area (Å²) < 4.78 is 0. The van der Waals surface area contributed by atoms with Gasteiger partial charge in [0.2, 0.25) is 11.8 Å². The average Bonchev–Trinajstić information content (AvgIpc) is 3.35. The highest BCUT2D eigenvalue weighted by atomic mass is 32.2. The zero-order valence-electron chi connectivity index (χ0n) is 23.7. The number of para-hydroxylation sites is 1. The van der Waals surface area contributed by atoms with E-state index in [-0.39, 0.29) is 29.7 Å². The molecule has 3 N–H and O–H groups in total. The SMILES string of the molecule is Cc1c(C(=O)Nc2ccccc2)sc(NC(=O)C(Sc2cccc(NC(=O)Cc3ccccc3)c2)c2ccccc2)c1C#N. The monoisotopic (exact) mass is 616 g/mol. The number of nitrogens with one attached hydrogen (secondary N) is 3. The molecule has 0 aliphatic heterocycles. The van der Waals surface area contributed by atoms with Crippen molar-refractivity contribution in [2.45, 2.75) is 23.5 Å². The second-order valence-corrected chi connectivity index (χ2v) is 12.0. The zero-order chi connectivity index (χ0) is 30.9. The highest BCUT2D eigenvalue weighted by Gasteiger charge is 2.27. The molecular formula is C35H28N4O3S2. The van der Waals surface area contributed by atoms with Gasteiger partial charge in [0, 0.05) is 16.3 Å². The van der Waals surface area contributed by atoms with E-state index in [1.54, 1.807) is 25.1 Å². The summed E-state index contributed by atoms with van der Waals surface area (Å²) in [6.07, 6.45) is 0.250. The fourth-order valence-electron chi connectivity index (χ4n) is 4.51. The number of thiophene rings is 1. The van der Waals surface area contributed by atoms with E-state index < -0.39 is 5.25 Å². The lowest BCUT2D eigenvalue weighted by molar-refractivity contribution is -0.116. The third kappa shape index (κ3) is 7.61. The van der Waals surface area contributed by atoms with Crippen LogP contribution in [0.5, 0.6) is 0 Å². The number of carbonyl (C=O) groups is 3. The number of hydrogen-bond acceptors (Lipinski definition) is 6. The Bertz CT molecular complexity index is 1820. The summed E-state index contributed by atoms with van der Waals surface area (Å²) in [4.78, 5) is 40.7. The van der Waals surface area contributed by atoms with Gasteiger partial charge in [-0.1, -0.05) is 84.9 Å². The first-order valence-corrected chi connectivity index (χ1v) is 15.5. The van der Waals surface area contributed by atoms with Gasteiger partial charge >= 0.3 is 0 Å². The number of amides is 3. The number of thioether (sulfide) groups is 1. The van der Waals surface area contributed by atoms with Crippen LogP contribution in [-0.4, -0.2) is 17.7 Å².